The van der Waals surface area contributed by atoms with Gasteiger partial charge in [-0.2, -0.15) is 0 Å². The normalized spacial score (nSPS) is 10.5. The van der Waals surface area contributed by atoms with Gasteiger partial charge in [-0.3, -0.25) is 0 Å². The van der Waals surface area contributed by atoms with Gasteiger partial charge in [0.15, 0.2) is 0 Å². The molecule has 0 bridgehead atoms. The molecular formula is C11H11N3O3S. The van der Waals surface area contributed by atoms with E-state index in [1.54, 1.807) is 18.3 Å². The Bertz CT molecular complexity index is 583. The highest BCUT2D eigenvalue weighted by Gasteiger charge is 2.19. The van der Waals surface area contributed by atoms with Crippen LogP contribution in [0.3, 0.4) is 0 Å². The van der Waals surface area contributed by atoms with Gasteiger partial charge in [-0.05, 0) is 12.1 Å². The number of nitrogens with zero attached hydrogens (tertiary/aromatic N) is 2. The van der Waals surface area contributed by atoms with Crippen LogP contribution in [0.1, 0.15) is 15.4 Å². The number of nitrogens with two attached hydrogens (primary N) is 1. The molecule has 0 aliphatic rings. The van der Waals surface area contributed by atoms with Gasteiger partial charge in [0.1, 0.15) is 15.7 Å². The number of hydrogen-bond acceptors (Lipinski definition) is 6. The van der Waals surface area contributed by atoms with Crippen molar-refractivity contribution in [3.05, 3.63) is 28.9 Å². The topological polar surface area (TPSA) is 98.3 Å². The van der Waals surface area contributed by atoms with Crippen molar-refractivity contribution in [2.75, 3.05) is 12.8 Å². The van der Waals surface area contributed by atoms with Crippen molar-refractivity contribution in [1.29, 1.82) is 0 Å². The summed E-state index contributed by atoms with van der Waals surface area (Å²) in [5, 5.41) is 9.62. The van der Waals surface area contributed by atoms with E-state index >= 15 is 0 Å². The highest BCUT2D eigenvalue weighted by atomic mass is 32.1. The van der Waals surface area contributed by atoms with Crippen LogP contribution in [-0.2, 0) is 11.3 Å². The average molecular weight is 265 g/mol. The molecule has 6 nitrogen and oxygen atoms in total. The molecule has 0 unspecified atom stereocenters. The summed E-state index contributed by atoms with van der Waals surface area (Å²) in [6, 6.07) is 3.48. The van der Waals surface area contributed by atoms with E-state index in [1.807, 2.05) is 0 Å². The average Bonchev–Trinajstić information content (AvgIpc) is 2.74. The zero-order chi connectivity index (χ0) is 13.1. The third-order valence-corrected chi connectivity index (χ3v) is 3.36. The monoisotopic (exact) mass is 265 g/mol. The number of anilines is 1. The van der Waals surface area contributed by atoms with Gasteiger partial charge < -0.3 is 15.6 Å². The number of thiazole rings is 1. The Morgan fingerprint density at radius 1 is 1.61 bits per heavy atom. The number of carboxylic acid groups (broad SMARTS) is 1. The van der Waals surface area contributed by atoms with Gasteiger partial charge in [-0.15, -0.1) is 11.3 Å². The quantitative estimate of drug-likeness (QED) is 0.871. The first kappa shape index (κ1) is 12.5. The number of carboxylic acids is 1. The molecule has 0 aliphatic heterocycles. The maximum Gasteiger partial charge on any atom is 0.347 e. The minimum Gasteiger partial charge on any atom is -0.477 e. The zero-order valence-electron chi connectivity index (χ0n) is 9.58. The molecule has 2 aromatic heterocycles. The molecule has 2 aromatic rings. The largest absolute Gasteiger partial charge is 0.477 e. The number of hydrogen-bond donors (Lipinski definition) is 2. The number of methoxy groups -OCH3 is 1. The lowest BCUT2D eigenvalue weighted by atomic mass is 10.2. The van der Waals surface area contributed by atoms with E-state index in [4.69, 9.17) is 15.6 Å². The number of aromatic carboxylic acids is 1. The van der Waals surface area contributed by atoms with E-state index < -0.39 is 5.97 Å². The Kier molecular flexibility index (Phi) is 3.54. The van der Waals surface area contributed by atoms with Gasteiger partial charge in [0, 0.05) is 13.3 Å². The molecule has 0 aromatic carbocycles. The second-order valence-corrected chi connectivity index (χ2v) is 4.47. The Hall–Kier alpha value is -1.99. The smallest absolute Gasteiger partial charge is 0.347 e. The van der Waals surface area contributed by atoms with Gasteiger partial charge in [-0.25, -0.2) is 14.8 Å². The van der Waals surface area contributed by atoms with Crippen LogP contribution in [0.15, 0.2) is 18.3 Å². The second-order valence-electron chi connectivity index (χ2n) is 3.47. The van der Waals surface area contributed by atoms with Gasteiger partial charge in [0.05, 0.1) is 17.9 Å². The Balaban J connectivity index is 2.50. The van der Waals surface area contributed by atoms with Crippen LogP contribution in [0.25, 0.3) is 10.6 Å². The number of carbonyl (C=O) groups is 1. The van der Waals surface area contributed by atoms with E-state index in [-0.39, 0.29) is 11.5 Å². The summed E-state index contributed by atoms with van der Waals surface area (Å²) >= 11 is 1.06. The third kappa shape index (κ3) is 2.31. The van der Waals surface area contributed by atoms with Crippen LogP contribution in [0.2, 0.25) is 0 Å². The molecule has 0 saturated heterocycles. The molecule has 18 heavy (non-hydrogen) atoms. The van der Waals surface area contributed by atoms with Crippen molar-refractivity contribution in [3.63, 3.8) is 0 Å². The minimum atomic E-state index is -1.02. The lowest BCUT2D eigenvalue weighted by Gasteiger charge is -1.98. The van der Waals surface area contributed by atoms with E-state index in [0.29, 0.717) is 22.1 Å². The third-order valence-electron chi connectivity index (χ3n) is 2.24. The second kappa shape index (κ2) is 5.11. The number of pyridine rings is 1. The standard InChI is InChI=1S/C11H11N3O3S/c1-17-5-7-8(11(15)16)18-10(14-7)6-3-2-4-13-9(6)12/h2-4H,5H2,1H3,(H2,12,13)(H,15,16). The Labute approximate surface area is 107 Å². The van der Waals surface area contributed by atoms with Crippen LogP contribution < -0.4 is 5.73 Å². The fraction of sp³-hybridized carbons (Fsp3) is 0.182. The maximum atomic E-state index is 11.1. The molecule has 0 fully saturated rings. The van der Waals surface area contributed by atoms with Crippen molar-refractivity contribution in [2.45, 2.75) is 6.61 Å². The molecule has 0 saturated carbocycles. The van der Waals surface area contributed by atoms with E-state index in [9.17, 15) is 4.79 Å². The van der Waals surface area contributed by atoms with Crippen molar-refractivity contribution in [3.8, 4) is 10.6 Å². The molecule has 0 radical (unpaired) electrons. The molecule has 2 heterocycles. The predicted molar refractivity (Wildman–Crippen MR) is 67.4 cm³/mol. The fourth-order valence-corrected chi connectivity index (χ4v) is 2.41. The van der Waals surface area contributed by atoms with Crippen LogP contribution in [0.5, 0.6) is 0 Å². The minimum absolute atomic E-state index is 0.151. The molecule has 3 N–H and O–H groups in total. The lowest BCUT2D eigenvalue weighted by molar-refractivity contribution is 0.0697. The van der Waals surface area contributed by atoms with Crippen molar-refractivity contribution in [1.82, 2.24) is 9.97 Å². The van der Waals surface area contributed by atoms with Crippen LogP contribution >= 0.6 is 11.3 Å². The van der Waals surface area contributed by atoms with Crippen LogP contribution in [-0.4, -0.2) is 28.2 Å². The number of nitrogen functional groups attached to an aromatic ring is 1. The van der Waals surface area contributed by atoms with Crippen molar-refractivity contribution in [2.24, 2.45) is 0 Å². The van der Waals surface area contributed by atoms with Crippen LogP contribution in [0, 0.1) is 0 Å². The summed E-state index contributed by atoms with van der Waals surface area (Å²) in [6.07, 6.45) is 1.57. The summed E-state index contributed by atoms with van der Waals surface area (Å²) in [4.78, 5) is 19.5. The molecule has 2 rings (SSSR count). The number of aromatic nitrogens is 2. The zero-order valence-corrected chi connectivity index (χ0v) is 10.4. The predicted octanol–water partition coefficient (Wildman–Crippen LogP) is 1.63. The SMILES string of the molecule is COCc1nc(-c2cccnc2N)sc1C(=O)O. The molecule has 0 atom stereocenters. The first-order valence-corrected chi connectivity index (χ1v) is 5.88. The summed E-state index contributed by atoms with van der Waals surface area (Å²) in [5.74, 6) is -0.694. The van der Waals surface area contributed by atoms with Crippen molar-refractivity contribution < 1.29 is 14.6 Å². The van der Waals surface area contributed by atoms with Gasteiger partial charge in [0.2, 0.25) is 0 Å². The van der Waals surface area contributed by atoms with Crippen LogP contribution in [0.4, 0.5) is 5.82 Å². The number of rotatable bonds is 4. The molecular weight excluding hydrogens is 254 g/mol. The molecule has 0 aliphatic carbocycles. The first-order chi connectivity index (χ1) is 8.63. The van der Waals surface area contributed by atoms with E-state index in [0.717, 1.165) is 11.3 Å². The van der Waals surface area contributed by atoms with Gasteiger partial charge >= 0.3 is 5.97 Å². The van der Waals surface area contributed by atoms with Gasteiger partial charge in [0.25, 0.3) is 0 Å². The summed E-state index contributed by atoms with van der Waals surface area (Å²) in [7, 11) is 1.49. The fourth-order valence-electron chi connectivity index (χ4n) is 1.47. The lowest BCUT2D eigenvalue weighted by Crippen LogP contribution is -1.99. The molecule has 0 spiro atoms. The molecule has 0 amide bonds. The maximum absolute atomic E-state index is 11.1. The number of ether oxygens (including phenoxy) is 1. The highest BCUT2D eigenvalue weighted by molar-refractivity contribution is 7.17. The first-order valence-electron chi connectivity index (χ1n) is 5.06. The molecule has 94 valence electrons. The highest BCUT2D eigenvalue weighted by Crippen LogP contribution is 2.31. The van der Waals surface area contributed by atoms with Gasteiger partial charge in [-0.1, -0.05) is 0 Å². The molecule has 7 heteroatoms. The Morgan fingerprint density at radius 3 is 3.00 bits per heavy atom. The summed E-state index contributed by atoms with van der Waals surface area (Å²) < 4.78 is 4.93. The van der Waals surface area contributed by atoms with Crippen molar-refractivity contribution >= 4 is 23.1 Å². The summed E-state index contributed by atoms with van der Waals surface area (Å²) in [5.41, 5.74) is 6.77. The Morgan fingerprint density at radius 2 is 2.39 bits per heavy atom. The van der Waals surface area contributed by atoms with E-state index in [1.165, 1.54) is 7.11 Å². The summed E-state index contributed by atoms with van der Waals surface area (Å²) in [6.45, 7) is 0.151. The van der Waals surface area contributed by atoms with E-state index in [2.05, 4.69) is 9.97 Å².